The van der Waals surface area contributed by atoms with E-state index in [4.69, 9.17) is 0 Å². The lowest BCUT2D eigenvalue weighted by Gasteiger charge is -2.14. The van der Waals surface area contributed by atoms with Gasteiger partial charge in [0.25, 0.3) is 0 Å². The van der Waals surface area contributed by atoms with E-state index in [-0.39, 0.29) is 16.2 Å². The molecular formula is C13H14BrF3N2O. The van der Waals surface area contributed by atoms with Crippen molar-refractivity contribution in [3.05, 3.63) is 28.2 Å². The van der Waals surface area contributed by atoms with Gasteiger partial charge in [-0.25, -0.2) is 4.79 Å². The molecule has 2 rings (SSSR count). The van der Waals surface area contributed by atoms with Gasteiger partial charge in [0.2, 0.25) is 0 Å². The number of rotatable bonds is 2. The smallest absolute Gasteiger partial charge is 0.335 e. The summed E-state index contributed by atoms with van der Waals surface area (Å²) >= 11 is 3.01. The number of nitrogens with one attached hydrogen (secondary N) is 2. The molecule has 1 aliphatic rings. The van der Waals surface area contributed by atoms with Crippen LogP contribution in [-0.2, 0) is 6.18 Å². The zero-order chi connectivity index (χ0) is 14.8. The Kier molecular flexibility index (Phi) is 4.57. The first-order valence-corrected chi connectivity index (χ1v) is 7.09. The molecule has 0 unspecified atom stereocenters. The Bertz CT molecular complexity index is 499. The molecular weight excluding hydrogens is 337 g/mol. The number of anilines is 1. The molecule has 2 amide bonds. The van der Waals surface area contributed by atoms with Crippen LogP contribution in [0.1, 0.15) is 31.2 Å². The molecule has 1 fully saturated rings. The number of halogens is 4. The van der Waals surface area contributed by atoms with Crippen molar-refractivity contribution in [2.45, 2.75) is 37.9 Å². The summed E-state index contributed by atoms with van der Waals surface area (Å²) in [6.07, 6.45) is -0.471. The predicted molar refractivity (Wildman–Crippen MR) is 73.6 cm³/mol. The summed E-state index contributed by atoms with van der Waals surface area (Å²) in [6.45, 7) is 0. The first-order valence-electron chi connectivity index (χ1n) is 6.30. The molecule has 1 saturated carbocycles. The highest BCUT2D eigenvalue weighted by molar-refractivity contribution is 9.10. The van der Waals surface area contributed by atoms with Crippen LogP contribution in [0.3, 0.4) is 0 Å². The molecule has 2 N–H and O–H groups in total. The van der Waals surface area contributed by atoms with Crippen molar-refractivity contribution in [3.63, 3.8) is 0 Å². The fourth-order valence-electron chi connectivity index (χ4n) is 2.25. The Morgan fingerprint density at radius 2 is 1.85 bits per heavy atom. The minimum atomic E-state index is -4.44. The molecule has 0 bridgehead atoms. The highest BCUT2D eigenvalue weighted by Crippen LogP contribution is 2.33. The van der Waals surface area contributed by atoms with Gasteiger partial charge in [0.05, 0.1) is 5.56 Å². The van der Waals surface area contributed by atoms with E-state index in [0.29, 0.717) is 0 Å². The van der Waals surface area contributed by atoms with Gasteiger partial charge >= 0.3 is 12.2 Å². The molecule has 3 nitrogen and oxygen atoms in total. The van der Waals surface area contributed by atoms with E-state index in [1.54, 1.807) is 0 Å². The monoisotopic (exact) mass is 350 g/mol. The maximum atomic E-state index is 12.7. The van der Waals surface area contributed by atoms with Crippen LogP contribution in [0.25, 0.3) is 0 Å². The largest absolute Gasteiger partial charge is 0.416 e. The van der Waals surface area contributed by atoms with Gasteiger partial charge in [0.1, 0.15) is 0 Å². The summed E-state index contributed by atoms with van der Waals surface area (Å²) in [5.41, 5.74) is -0.690. The van der Waals surface area contributed by atoms with Crippen LogP contribution >= 0.6 is 15.9 Å². The van der Waals surface area contributed by atoms with Gasteiger partial charge in [-0.3, -0.25) is 0 Å². The quantitative estimate of drug-likeness (QED) is 0.808. The number of hydrogen-bond acceptors (Lipinski definition) is 1. The molecule has 0 heterocycles. The van der Waals surface area contributed by atoms with Crippen molar-refractivity contribution in [3.8, 4) is 0 Å². The van der Waals surface area contributed by atoms with Crippen LogP contribution in [0.5, 0.6) is 0 Å². The number of carbonyl (C=O) groups excluding carboxylic acids is 1. The van der Waals surface area contributed by atoms with E-state index in [2.05, 4.69) is 26.6 Å². The molecule has 0 spiro atoms. The molecule has 110 valence electrons. The summed E-state index contributed by atoms with van der Waals surface area (Å²) < 4.78 is 38.3. The van der Waals surface area contributed by atoms with E-state index in [0.717, 1.165) is 37.8 Å². The van der Waals surface area contributed by atoms with Crippen LogP contribution in [0.15, 0.2) is 22.7 Å². The molecule has 7 heteroatoms. The number of hydrogen-bond donors (Lipinski definition) is 2. The topological polar surface area (TPSA) is 41.1 Å². The number of benzene rings is 1. The Balaban J connectivity index is 2.04. The zero-order valence-electron chi connectivity index (χ0n) is 10.6. The zero-order valence-corrected chi connectivity index (χ0v) is 12.1. The molecule has 1 aliphatic carbocycles. The summed E-state index contributed by atoms with van der Waals surface area (Å²) in [5.74, 6) is 0. The van der Waals surface area contributed by atoms with Crippen molar-refractivity contribution >= 4 is 27.6 Å². The van der Waals surface area contributed by atoms with Gasteiger partial charge < -0.3 is 10.6 Å². The minimum absolute atomic E-state index is 0.113. The number of carbonyl (C=O) groups is 1. The van der Waals surface area contributed by atoms with Crippen molar-refractivity contribution in [2.75, 3.05) is 5.32 Å². The highest BCUT2D eigenvalue weighted by atomic mass is 79.9. The molecule has 0 aliphatic heterocycles. The van der Waals surface area contributed by atoms with Gasteiger partial charge in [0, 0.05) is 16.2 Å². The molecule has 20 heavy (non-hydrogen) atoms. The average molecular weight is 351 g/mol. The van der Waals surface area contributed by atoms with Crippen LogP contribution in [0, 0.1) is 0 Å². The van der Waals surface area contributed by atoms with Gasteiger partial charge in [0.15, 0.2) is 0 Å². The van der Waals surface area contributed by atoms with Crippen LogP contribution in [0.4, 0.5) is 23.7 Å². The van der Waals surface area contributed by atoms with Crippen LogP contribution < -0.4 is 10.6 Å². The van der Waals surface area contributed by atoms with Crippen molar-refractivity contribution in [1.29, 1.82) is 0 Å². The third-order valence-electron chi connectivity index (χ3n) is 3.17. The third kappa shape index (κ3) is 4.13. The van der Waals surface area contributed by atoms with Crippen molar-refractivity contribution in [2.24, 2.45) is 0 Å². The summed E-state index contributed by atoms with van der Waals surface area (Å²) in [5, 5.41) is 5.20. The second-order valence-corrected chi connectivity index (χ2v) is 5.72. The second-order valence-electron chi connectivity index (χ2n) is 4.81. The first-order chi connectivity index (χ1) is 9.34. The number of alkyl halides is 3. The van der Waals surface area contributed by atoms with Crippen LogP contribution in [0.2, 0.25) is 0 Å². The van der Waals surface area contributed by atoms with Crippen LogP contribution in [-0.4, -0.2) is 12.1 Å². The van der Waals surface area contributed by atoms with E-state index < -0.39 is 17.8 Å². The second kappa shape index (κ2) is 6.03. The molecule has 1 aromatic rings. The van der Waals surface area contributed by atoms with E-state index in [9.17, 15) is 18.0 Å². The van der Waals surface area contributed by atoms with Gasteiger partial charge in [-0.1, -0.05) is 28.8 Å². The average Bonchev–Trinajstić information content (AvgIpc) is 2.79. The van der Waals surface area contributed by atoms with Gasteiger partial charge in [-0.15, -0.1) is 0 Å². The summed E-state index contributed by atoms with van der Waals surface area (Å²) in [6, 6.07) is 2.97. The lowest BCUT2D eigenvalue weighted by Crippen LogP contribution is -2.36. The van der Waals surface area contributed by atoms with E-state index in [1.165, 1.54) is 6.07 Å². The Morgan fingerprint density at radius 1 is 1.20 bits per heavy atom. The maximum absolute atomic E-state index is 12.7. The summed E-state index contributed by atoms with van der Waals surface area (Å²) in [4.78, 5) is 11.7. The predicted octanol–water partition coefficient (Wildman–Crippen LogP) is 4.53. The minimum Gasteiger partial charge on any atom is -0.335 e. The third-order valence-corrected chi connectivity index (χ3v) is 3.63. The van der Waals surface area contributed by atoms with E-state index in [1.807, 2.05) is 0 Å². The highest BCUT2D eigenvalue weighted by Gasteiger charge is 2.31. The number of amides is 2. The molecule has 0 atom stereocenters. The lowest BCUT2D eigenvalue weighted by atomic mass is 10.2. The Labute approximate surface area is 123 Å². The normalized spacial score (nSPS) is 16.2. The SMILES string of the molecule is O=C(Nc1cc(Br)cc(C(F)(F)F)c1)NC1CCCC1. The fourth-order valence-corrected chi connectivity index (χ4v) is 2.74. The fraction of sp³-hybridized carbons (Fsp3) is 0.462. The van der Waals surface area contributed by atoms with Gasteiger partial charge in [-0.2, -0.15) is 13.2 Å². The Morgan fingerprint density at radius 3 is 2.45 bits per heavy atom. The van der Waals surface area contributed by atoms with Crippen molar-refractivity contribution < 1.29 is 18.0 Å². The molecule has 1 aromatic carbocycles. The molecule has 0 radical (unpaired) electrons. The Hall–Kier alpha value is -1.24. The summed E-state index contributed by atoms with van der Waals surface area (Å²) in [7, 11) is 0. The van der Waals surface area contributed by atoms with Gasteiger partial charge in [-0.05, 0) is 31.0 Å². The van der Waals surface area contributed by atoms with E-state index >= 15 is 0 Å². The maximum Gasteiger partial charge on any atom is 0.416 e. The molecule has 0 saturated heterocycles. The first kappa shape index (κ1) is 15.2. The standard InChI is InChI=1S/C13H14BrF3N2O/c14-9-5-8(13(15,16)17)6-11(7-9)19-12(20)18-10-3-1-2-4-10/h5-7,10H,1-4H2,(H2,18,19,20). The lowest BCUT2D eigenvalue weighted by molar-refractivity contribution is -0.137. The number of urea groups is 1. The van der Waals surface area contributed by atoms with Crippen molar-refractivity contribution in [1.82, 2.24) is 5.32 Å². The molecule has 0 aromatic heterocycles.